The summed E-state index contributed by atoms with van der Waals surface area (Å²) in [6, 6.07) is 6.45. The van der Waals surface area contributed by atoms with Crippen molar-refractivity contribution in [3.63, 3.8) is 0 Å². The van der Waals surface area contributed by atoms with Gasteiger partial charge in [-0.15, -0.1) is 21.8 Å². The molecule has 6 nitrogen and oxygen atoms in total. The molecular weight excluding hydrogens is 268 g/mol. The van der Waals surface area contributed by atoms with E-state index < -0.39 is 5.97 Å². The van der Waals surface area contributed by atoms with Crippen molar-refractivity contribution in [1.82, 2.24) is 14.8 Å². The smallest absolute Gasteiger partial charge is 0.335 e. The highest BCUT2D eigenvalue weighted by Gasteiger charge is 2.13. The summed E-state index contributed by atoms with van der Waals surface area (Å²) in [5, 5.41) is 16.9. The number of hydrogen-bond donors (Lipinski definition) is 2. The molecule has 0 fully saturated rings. The fraction of sp³-hybridized carbons (Fsp3) is 0.250. The van der Waals surface area contributed by atoms with Gasteiger partial charge in [-0.2, -0.15) is 0 Å². The van der Waals surface area contributed by atoms with E-state index in [1.807, 2.05) is 0 Å². The van der Waals surface area contributed by atoms with Gasteiger partial charge in [-0.1, -0.05) is 0 Å². The maximum absolute atomic E-state index is 10.8. The third-order valence-electron chi connectivity index (χ3n) is 2.66. The molecule has 2 aromatic rings. The molecule has 1 aromatic heterocycles. The number of benzene rings is 1. The number of nitrogens with zero attached hydrogens (tertiary/aromatic N) is 3. The lowest BCUT2D eigenvalue weighted by atomic mass is 10.2. The quantitative estimate of drug-likeness (QED) is 0.803. The van der Waals surface area contributed by atoms with E-state index in [0.29, 0.717) is 24.6 Å². The van der Waals surface area contributed by atoms with E-state index in [4.69, 9.17) is 22.4 Å². The monoisotopic (exact) mass is 280 g/mol. The first-order valence-corrected chi connectivity index (χ1v) is 6.23. The molecule has 0 spiro atoms. The minimum Gasteiger partial charge on any atom is -0.478 e. The van der Waals surface area contributed by atoms with Gasteiger partial charge >= 0.3 is 5.97 Å². The van der Waals surface area contributed by atoms with Crippen molar-refractivity contribution in [3.8, 4) is 5.69 Å². The number of hydrogen-bond acceptors (Lipinski definition) is 4. The van der Waals surface area contributed by atoms with E-state index in [1.165, 1.54) is 12.1 Å². The van der Waals surface area contributed by atoms with Crippen LogP contribution in [-0.2, 0) is 12.3 Å². The number of carboxylic acids is 1. The van der Waals surface area contributed by atoms with E-state index in [1.54, 1.807) is 16.7 Å². The number of rotatable bonds is 5. The highest BCUT2D eigenvalue weighted by atomic mass is 35.5. The standard InChI is InChI=1S/C12H13ClN4O2/c13-7-11-16-15-10(5-6-14)17(11)9-3-1-8(2-4-9)12(18)19/h1-4H,5-7,14H2,(H,18,19). The Hall–Kier alpha value is -1.92. The summed E-state index contributed by atoms with van der Waals surface area (Å²) in [6.45, 7) is 0.452. The van der Waals surface area contributed by atoms with E-state index in [0.717, 1.165) is 5.69 Å². The summed E-state index contributed by atoms with van der Waals surface area (Å²) < 4.78 is 1.80. The van der Waals surface area contributed by atoms with Gasteiger partial charge in [0.2, 0.25) is 0 Å². The largest absolute Gasteiger partial charge is 0.478 e. The second-order valence-electron chi connectivity index (χ2n) is 3.89. The Morgan fingerprint density at radius 3 is 2.42 bits per heavy atom. The molecule has 0 bridgehead atoms. The average Bonchev–Trinajstić information content (AvgIpc) is 2.82. The lowest BCUT2D eigenvalue weighted by Crippen LogP contribution is -2.10. The van der Waals surface area contributed by atoms with Crippen molar-refractivity contribution in [2.75, 3.05) is 6.54 Å². The summed E-state index contributed by atoms with van der Waals surface area (Å²) in [4.78, 5) is 10.8. The van der Waals surface area contributed by atoms with Crippen LogP contribution >= 0.6 is 11.6 Å². The molecule has 0 aliphatic rings. The van der Waals surface area contributed by atoms with Crippen LogP contribution in [0.4, 0.5) is 0 Å². The molecule has 100 valence electrons. The van der Waals surface area contributed by atoms with Gasteiger partial charge in [-0.3, -0.25) is 4.57 Å². The summed E-state index contributed by atoms with van der Waals surface area (Å²) in [5.41, 5.74) is 6.53. The van der Waals surface area contributed by atoms with Crippen molar-refractivity contribution in [3.05, 3.63) is 41.5 Å². The Morgan fingerprint density at radius 2 is 1.89 bits per heavy atom. The molecule has 2 rings (SSSR count). The molecule has 3 N–H and O–H groups in total. The number of aromatic carboxylic acids is 1. The Kier molecular flexibility index (Phi) is 4.13. The number of nitrogens with two attached hydrogens (primary N) is 1. The second kappa shape index (κ2) is 5.81. The first-order valence-electron chi connectivity index (χ1n) is 5.70. The zero-order valence-corrected chi connectivity index (χ0v) is 10.8. The SMILES string of the molecule is NCCc1nnc(CCl)n1-c1ccc(C(=O)O)cc1. The van der Waals surface area contributed by atoms with Crippen molar-refractivity contribution < 1.29 is 9.90 Å². The molecule has 0 aliphatic carbocycles. The summed E-state index contributed by atoms with van der Waals surface area (Å²) >= 11 is 5.83. The highest BCUT2D eigenvalue weighted by molar-refractivity contribution is 6.16. The Morgan fingerprint density at radius 1 is 1.26 bits per heavy atom. The third-order valence-corrected chi connectivity index (χ3v) is 2.90. The van der Waals surface area contributed by atoms with Gasteiger partial charge in [0.1, 0.15) is 5.82 Å². The number of alkyl halides is 1. The zero-order chi connectivity index (χ0) is 13.8. The van der Waals surface area contributed by atoms with E-state index in [9.17, 15) is 4.79 Å². The summed E-state index contributed by atoms with van der Waals surface area (Å²) in [7, 11) is 0. The van der Waals surface area contributed by atoms with Gasteiger partial charge in [0.15, 0.2) is 5.82 Å². The minimum absolute atomic E-state index is 0.220. The lowest BCUT2D eigenvalue weighted by molar-refractivity contribution is 0.0697. The molecule has 1 aromatic carbocycles. The number of carbonyl (C=O) groups is 1. The maximum Gasteiger partial charge on any atom is 0.335 e. The molecule has 0 unspecified atom stereocenters. The fourth-order valence-corrected chi connectivity index (χ4v) is 1.96. The van der Waals surface area contributed by atoms with Gasteiger partial charge in [-0.25, -0.2) is 4.79 Å². The van der Waals surface area contributed by atoms with Crippen LogP contribution in [0.3, 0.4) is 0 Å². The molecule has 0 saturated heterocycles. The average molecular weight is 281 g/mol. The molecule has 0 radical (unpaired) electrons. The topological polar surface area (TPSA) is 94.0 Å². The Labute approximate surface area is 114 Å². The first kappa shape index (κ1) is 13.5. The molecule has 0 atom stereocenters. The number of aromatic nitrogens is 3. The lowest BCUT2D eigenvalue weighted by Gasteiger charge is -2.09. The van der Waals surface area contributed by atoms with Crippen molar-refractivity contribution >= 4 is 17.6 Å². The van der Waals surface area contributed by atoms with Crippen LogP contribution in [0.15, 0.2) is 24.3 Å². The zero-order valence-electron chi connectivity index (χ0n) is 10.1. The third kappa shape index (κ3) is 2.74. The van der Waals surface area contributed by atoms with Crippen molar-refractivity contribution in [1.29, 1.82) is 0 Å². The van der Waals surface area contributed by atoms with Gasteiger partial charge in [-0.05, 0) is 30.8 Å². The molecule has 0 saturated carbocycles. The van der Waals surface area contributed by atoms with Crippen LogP contribution in [0.5, 0.6) is 0 Å². The molecule has 19 heavy (non-hydrogen) atoms. The molecule has 0 amide bonds. The molecular formula is C12H13ClN4O2. The van der Waals surface area contributed by atoms with Crippen LogP contribution in [0.2, 0.25) is 0 Å². The fourth-order valence-electron chi connectivity index (χ4n) is 1.78. The van der Waals surface area contributed by atoms with E-state index >= 15 is 0 Å². The maximum atomic E-state index is 10.8. The van der Waals surface area contributed by atoms with Crippen molar-refractivity contribution in [2.24, 2.45) is 5.73 Å². The van der Waals surface area contributed by atoms with Gasteiger partial charge < -0.3 is 10.8 Å². The van der Waals surface area contributed by atoms with E-state index in [-0.39, 0.29) is 11.4 Å². The van der Waals surface area contributed by atoms with Crippen LogP contribution in [0.25, 0.3) is 5.69 Å². The van der Waals surface area contributed by atoms with Crippen LogP contribution < -0.4 is 5.73 Å². The highest BCUT2D eigenvalue weighted by Crippen LogP contribution is 2.16. The Bertz CT molecular complexity index is 580. The number of halogens is 1. The van der Waals surface area contributed by atoms with E-state index in [2.05, 4.69) is 10.2 Å². The molecule has 7 heteroatoms. The number of carboxylic acid groups (broad SMARTS) is 1. The summed E-state index contributed by atoms with van der Waals surface area (Å²) in [6.07, 6.45) is 0.574. The second-order valence-corrected chi connectivity index (χ2v) is 4.16. The van der Waals surface area contributed by atoms with Crippen LogP contribution in [-0.4, -0.2) is 32.4 Å². The molecule has 0 aliphatic heterocycles. The van der Waals surface area contributed by atoms with Crippen LogP contribution in [0, 0.1) is 0 Å². The molecule has 1 heterocycles. The van der Waals surface area contributed by atoms with Crippen LogP contribution in [0.1, 0.15) is 22.0 Å². The predicted molar refractivity (Wildman–Crippen MR) is 70.6 cm³/mol. The first-order chi connectivity index (χ1) is 9.17. The normalized spacial score (nSPS) is 10.6. The van der Waals surface area contributed by atoms with Gasteiger partial charge in [0.25, 0.3) is 0 Å². The summed E-state index contributed by atoms with van der Waals surface area (Å²) in [5.74, 6) is 0.572. The van der Waals surface area contributed by atoms with Crippen molar-refractivity contribution in [2.45, 2.75) is 12.3 Å². The predicted octanol–water partition coefficient (Wildman–Crippen LogP) is 1.21. The van der Waals surface area contributed by atoms with Gasteiger partial charge in [0, 0.05) is 12.1 Å². The Balaban J connectivity index is 2.44. The minimum atomic E-state index is -0.963. The van der Waals surface area contributed by atoms with Gasteiger partial charge in [0.05, 0.1) is 11.4 Å².